The summed E-state index contributed by atoms with van der Waals surface area (Å²) in [7, 11) is 1.28. The van der Waals surface area contributed by atoms with Gasteiger partial charge in [-0.1, -0.05) is 15.9 Å². The average Bonchev–Trinajstić information content (AvgIpc) is 2.02. The van der Waals surface area contributed by atoms with Crippen LogP contribution < -0.4 is 5.32 Å². The maximum atomic E-state index is 11.0. The summed E-state index contributed by atoms with van der Waals surface area (Å²) >= 11 is 3.08. The van der Waals surface area contributed by atoms with E-state index in [1.807, 2.05) is 0 Å². The zero-order valence-corrected chi connectivity index (χ0v) is 8.84. The Balaban J connectivity index is 3.92. The molecule has 0 fully saturated rings. The van der Waals surface area contributed by atoms with Gasteiger partial charge in [0.2, 0.25) is 5.91 Å². The van der Waals surface area contributed by atoms with Gasteiger partial charge in [-0.2, -0.15) is 0 Å². The van der Waals surface area contributed by atoms with Crippen molar-refractivity contribution in [2.24, 2.45) is 0 Å². The molecule has 0 heterocycles. The first kappa shape index (κ1) is 11.4. The average molecular weight is 238 g/mol. The molecule has 0 aliphatic carbocycles. The van der Waals surface area contributed by atoms with Crippen LogP contribution in [0.15, 0.2) is 0 Å². The van der Waals surface area contributed by atoms with Gasteiger partial charge >= 0.3 is 5.97 Å². The van der Waals surface area contributed by atoms with Crippen LogP contribution in [0.25, 0.3) is 0 Å². The van der Waals surface area contributed by atoms with Crippen LogP contribution in [0.2, 0.25) is 0 Å². The van der Waals surface area contributed by atoms with Gasteiger partial charge in [-0.3, -0.25) is 4.79 Å². The molecule has 0 aromatic heterocycles. The Morgan fingerprint density at radius 3 is 2.25 bits per heavy atom. The van der Waals surface area contributed by atoms with E-state index in [9.17, 15) is 9.59 Å². The highest BCUT2D eigenvalue weighted by atomic mass is 79.9. The van der Waals surface area contributed by atoms with E-state index in [0.29, 0.717) is 0 Å². The third kappa shape index (κ3) is 3.71. The number of nitrogens with one attached hydrogen (secondary N) is 1. The summed E-state index contributed by atoms with van der Waals surface area (Å²) in [5, 5.41) is 2.47. The molecule has 0 radical (unpaired) electrons. The van der Waals surface area contributed by atoms with E-state index < -0.39 is 12.0 Å². The standard InChI is InChI=1S/C7H12BrNO3/c1-4(8)6(10)9-5(2)7(11)12-3/h4-5H,1-3H3,(H,9,10)/t4?,5-/m0/s1. The Kier molecular flexibility index (Phi) is 4.89. The SMILES string of the molecule is COC(=O)[C@H](C)NC(=O)C(C)Br. The van der Waals surface area contributed by atoms with E-state index in [-0.39, 0.29) is 10.7 Å². The van der Waals surface area contributed by atoms with Crippen molar-refractivity contribution >= 4 is 27.8 Å². The van der Waals surface area contributed by atoms with E-state index in [2.05, 4.69) is 26.0 Å². The molecule has 1 N–H and O–H groups in total. The zero-order valence-electron chi connectivity index (χ0n) is 7.26. The number of carbonyl (C=O) groups is 2. The van der Waals surface area contributed by atoms with Crippen LogP contribution in [0, 0.1) is 0 Å². The highest BCUT2D eigenvalue weighted by Crippen LogP contribution is 1.97. The fourth-order valence-corrected chi connectivity index (χ4v) is 0.696. The molecule has 4 nitrogen and oxygen atoms in total. The van der Waals surface area contributed by atoms with E-state index in [1.165, 1.54) is 7.11 Å². The van der Waals surface area contributed by atoms with E-state index in [1.54, 1.807) is 13.8 Å². The highest BCUT2D eigenvalue weighted by Gasteiger charge is 2.17. The number of hydrogen-bond donors (Lipinski definition) is 1. The number of amides is 1. The van der Waals surface area contributed by atoms with Crippen molar-refractivity contribution in [1.82, 2.24) is 5.32 Å². The number of hydrogen-bond acceptors (Lipinski definition) is 3. The van der Waals surface area contributed by atoms with Crippen molar-refractivity contribution in [2.75, 3.05) is 7.11 Å². The summed E-state index contributed by atoms with van der Waals surface area (Å²) in [5.74, 6) is -0.676. The molecule has 0 bridgehead atoms. The van der Waals surface area contributed by atoms with Crippen LogP contribution in [0.3, 0.4) is 0 Å². The Morgan fingerprint density at radius 1 is 1.42 bits per heavy atom. The van der Waals surface area contributed by atoms with Gasteiger partial charge in [0.1, 0.15) is 6.04 Å². The first-order valence-electron chi connectivity index (χ1n) is 3.51. The normalized spacial score (nSPS) is 14.7. The van der Waals surface area contributed by atoms with Gasteiger partial charge in [0.25, 0.3) is 0 Å². The quantitative estimate of drug-likeness (QED) is 0.573. The second kappa shape index (κ2) is 5.13. The highest BCUT2D eigenvalue weighted by molar-refractivity contribution is 9.10. The van der Waals surface area contributed by atoms with Gasteiger partial charge in [0.15, 0.2) is 0 Å². The number of carbonyl (C=O) groups excluding carboxylic acids is 2. The molecule has 0 rings (SSSR count). The number of methoxy groups -OCH3 is 1. The van der Waals surface area contributed by atoms with Gasteiger partial charge in [-0.15, -0.1) is 0 Å². The largest absolute Gasteiger partial charge is 0.467 e. The number of halogens is 1. The number of rotatable bonds is 3. The van der Waals surface area contributed by atoms with Crippen molar-refractivity contribution in [3.63, 3.8) is 0 Å². The second-order valence-electron chi connectivity index (χ2n) is 2.37. The molecule has 0 aromatic rings. The zero-order chi connectivity index (χ0) is 9.72. The van der Waals surface area contributed by atoms with Crippen LogP contribution in [0.1, 0.15) is 13.8 Å². The molecular weight excluding hydrogens is 226 g/mol. The Hall–Kier alpha value is -0.580. The molecule has 1 amide bonds. The van der Waals surface area contributed by atoms with Crippen LogP contribution in [0.5, 0.6) is 0 Å². The summed E-state index contributed by atoms with van der Waals surface area (Å²) in [5.41, 5.74) is 0. The summed E-state index contributed by atoms with van der Waals surface area (Å²) in [6.07, 6.45) is 0. The molecule has 0 aliphatic rings. The Bertz CT molecular complexity index is 181. The molecule has 1 unspecified atom stereocenters. The lowest BCUT2D eigenvalue weighted by molar-refractivity contribution is -0.144. The van der Waals surface area contributed by atoms with Crippen molar-refractivity contribution in [3.05, 3.63) is 0 Å². The first-order valence-corrected chi connectivity index (χ1v) is 4.43. The second-order valence-corrected chi connectivity index (χ2v) is 3.74. The summed E-state index contributed by atoms with van der Waals surface area (Å²) in [4.78, 5) is 21.5. The molecule has 0 saturated heterocycles. The predicted molar refractivity (Wildman–Crippen MR) is 48.0 cm³/mol. The Labute approximate surface area is 79.8 Å². The van der Waals surface area contributed by atoms with E-state index >= 15 is 0 Å². The monoisotopic (exact) mass is 237 g/mol. The predicted octanol–water partition coefficient (Wildman–Crippen LogP) is 0.447. The molecule has 0 saturated carbocycles. The summed E-state index contributed by atoms with van der Waals surface area (Å²) in [6.45, 7) is 3.25. The maximum absolute atomic E-state index is 11.0. The smallest absolute Gasteiger partial charge is 0.328 e. The molecule has 12 heavy (non-hydrogen) atoms. The van der Waals surface area contributed by atoms with Gasteiger partial charge < -0.3 is 10.1 Å². The van der Waals surface area contributed by atoms with Crippen molar-refractivity contribution in [1.29, 1.82) is 0 Å². The molecule has 0 aliphatic heterocycles. The fraction of sp³-hybridized carbons (Fsp3) is 0.714. The minimum absolute atomic E-state index is 0.229. The lowest BCUT2D eigenvalue weighted by Gasteiger charge is -2.12. The van der Waals surface area contributed by atoms with Crippen molar-refractivity contribution in [3.8, 4) is 0 Å². The van der Waals surface area contributed by atoms with Crippen LogP contribution >= 0.6 is 15.9 Å². The summed E-state index contributed by atoms with van der Waals surface area (Å²) < 4.78 is 4.42. The molecular formula is C7H12BrNO3. The third-order valence-electron chi connectivity index (χ3n) is 1.27. The van der Waals surface area contributed by atoms with Crippen molar-refractivity contribution in [2.45, 2.75) is 24.7 Å². The molecule has 0 aromatic carbocycles. The fourth-order valence-electron chi connectivity index (χ4n) is 0.564. The molecule has 2 atom stereocenters. The molecule has 70 valence electrons. The number of alkyl halides is 1. The minimum Gasteiger partial charge on any atom is -0.467 e. The molecule has 5 heteroatoms. The molecule has 0 spiro atoms. The third-order valence-corrected chi connectivity index (χ3v) is 1.69. The number of esters is 1. The summed E-state index contributed by atoms with van der Waals surface area (Å²) in [6, 6.07) is -0.595. The van der Waals surface area contributed by atoms with Gasteiger partial charge in [0, 0.05) is 0 Å². The Morgan fingerprint density at radius 2 is 1.92 bits per heavy atom. The minimum atomic E-state index is -0.595. The van der Waals surface area contributed by atoms with Crippen LogP contribution in [0.4, 0.5) is 0 Å². The first-order chi connectivity index (χ1) is 5.49. The van der Waals surface area contributed by atoms with Crippen LogP contribution in [-0.4, -0.2) is 29.9 Å². The van der Waals surface area contributed by atoms with Gasteiger partial charge in [0.05, 0.1) is 11.9 Å². The lowest BCUT2D eigenvalue weighted by Crippen LogP contribution is -2.41. The van der Waals surface area contributed by atoms with Gasteiger partial charge in [-0.05, 0) is 13.8 Å². The maximum Gasteiger partial charge on any atom is 0.328 e. The topological polar surface area (TPSA) is 55.4 Å². The van der Waals surface area contributed by atoms with Gasteiger partial charge in [-0.25, -0.2) is 4.79 Å². The lowest BCUT2D eigenvalue weighted by atomic mass is 10.3. The van der Waals surface area contributed by atoms with E-state index in [0.717, 1.165) is 0 Å². The van der Waals surface area contributed by atoms with Crippen LogP contribution in [-0.2, 0) is 14.3 Å². The van der Waals surface area contributed by atoms with Crippen molar-refractivity contribution < 1.29 is 14.3 Å². The van der Waals surface area contributed by atoms with E-state index in [4.69, 9.17) is 0 Å². The number of ether oxygens (including phenoxy) is 1.